The molecule has 0 saturated carbocycles. The smallest absolute Gasteiger partial charge is 0.480 e. The number of alkyl halides is 3. The van der Waals surface area contributed by atoms with Crippen molar-refractivity contribution in [3.05, 3.63) is 0 Å². The SMILES string of the molecule is N[C@@H](CO)C(=O)O.O=C(O)C(F)(F)F. The molecule has 0 aromatic rings. The summed E-state index contributed by atoms with van der Waals surface area (Å²) in [6.07, 6.45) is -5.08. The fourth-order valence-electron chi connectivity index (χ4n) is 0.0781. The number of nitrogens with two attached hydrogens (primary N) is 1. The monoisotopic (exact) mass is 219 g/mol. The van der Waals surface area contributed by atoms with Crippen LogP contribution in [-0.4, -0.2) is 46.1 Å². The van der Waals surface area contributed by atoms with E-state index >= 15 is 0 Å². The van der Waals surface area contributed by atoms with E-state index in [1.807, 2.05) is 0 Å². The quantitative estimate of drug-likeness (QED) is 0.473. The van der Waals surface area contributed by atoms with E-state index in [1.165, 1.54) is 0 Å². The molecule has 0 aliphatic heterocycles. The molecule has 0 spiro atoms. The van der Waals surface area contributed by atoms with Crippen molar-refractivity contribution in [1.82, 2.24) is 0 Å². The fraction of sp³-hybridized carbons (Fsp3) is 0.600. The number of hydrogen-bond donors (Lipinski definition) is 4. The molecular formula is C5H8F3NO5. The maximum Gasteiger partial charge on any atom is 0.490 e. The topological polar surface area (TPSA) is 121 Å². The Kier molecular flexibility index (Phi) is 6.66. The van der Waals surface area contributed by atoms with Crippen molar-refractivity contribution in [1.29, 1.82) is 0 Å². The molecule has 5 N–H and O–H groups in total. The number of carbonyl (C=O) groups is 2. The highest BCUT2D eigenvalue weighted by molar-refractivity contribution is 5.73. The first-order chi connectivity index (χ1) is 6.12. The van der Waals surface area contributed by atoms with Crippen molar-refractivity contribution in [2.75, 3.05) is 6.61 Å². The summed E-state index contributed by atoms with van der Waals surface area (Å²) in [5.41, 5.74) is 4.77. The van der Waals surface area contributed by atoms with E-state index in [9.17, 15) is 18.0 Å². The maximum absolute atomic E-state index is 10.6. The number of carboxylic acid groups (broad SMARTS) is 2. The third kappa shape index (κ3) is 8.74. The van der Waals surface area contributed by atoms with Gasteiger partial charge in [-0.15, -0.1) is 0 Å². The van der Waals surface area contributed by atoms with Crippen molar-refractivity contribution in [2.24, 2.45) is 5.73 Å². The number of hydrogen-bond acceptors (Lipinski definition) is 4. The van der Waals surface area contributed by atoms with E-state index in [0.717, 1.165) is 0 Å². The van der Waals surface area contributed by atoms with Gasteiger partial charge in [0.15, 0.2) is 0 Å². The molecule has 14 heavy (non-hydrogen) atoms. The zero-order valence-corrected chi connectivity index (χ0v) is 6.65. The summed E-state index contributed by atoms with van der Waals surface area (Å²) in [6.45, 7) is -0.505. The van der Waals surface area contributed by atoms with E-state index in [4.69, 9.17) is 25.8 Å². The molecule has 0 aliphatic rings. The molecule has 0 unspecified atom stereocenters. The lowest BCUT2D eigenvalue weighted by molar-refractivity contribution is -0.192. The molecule has 9 heteroatoms. The highest BCUT2D eigenvalue weighted by Gasteiger charge is 2.38. The predicted molar refractivity (Wildman–Crippen MR) is 36.4 cm³/mol. The lowest BCUT2D eigenvalue weighted by Gasteiger charge is -1.96. The minimum atomic E-state index is -5.08. The highest BCUT2D eigenvalue weighted by atomic mass is 19.4. The fourth-order valence-corrected chi connectivity index (χ4v) is 0.0781. The molecule has 0 aliphatic carbocycles. The van der Waals surface area contributed by atoms with E-state index in [0.29, 0.717) is 0 Å². The van der Waals surface area contributed by atoms with Crippen molar-refractivity contribution < 1.29 is 38.1 Å². The van der Waals surface area contributed by atoms with Crippen LogP contribution in [0, 0.1) is 0 Å². The van der Waals surface area contributed by atoms with Gasteiger partial charge in [-0.05, 0) is 0 Å². The second-order valence-electron chi connectivity index (χ2n) is 1.93. The molecule has 0 heterocycles. The molecule has 1 atom stereocenters. The molecule has 0 saturated heterocycles. The summed E-state index contributed by atoms with van der Waals surface area (Å²) in [7, 11) is 0. The third-order valence-electron chi connectivity index (χ3n) is 0.756. The van der Waals surface area contributed by atoms with Gasteiger partial charge >= 0.3 is 18.1 Å². The first-order valence-corrected chi connectivity index (χ1v) is 3.02. The van der Waals surface area contributed by atoms with Crippen LogP contribution in [0.5, 0.6) is 0 Å². The second kappa shape index (κ2) is 6.16. The second-order valence-corrected chi connectivity index (χ2v) is 1.93. The van der Waals surface area contributed by atoms with E-state index in [2.05, 4.69) is 0 Å². The lowest BCUT2D eigenvalue weighted by Crippen LogP contribution is -2.33. The van der Waals surface area contributed by atoms with Gasteiger partial charge in [-0.1, -0.05) is 0 Å². The largest absolute Gasteiger partial charge is 0.490 e. The minimum absolute atomic E-state index is 0.505. The van der Waals surface area contributed by atoms with Crippen molar-refractivity contribution >= 4 is 11.9 Å². The molecule has 0 rings (SSSR count). The maximum atomic E-state index is 10.6. The highest BCUT2D eigenvalue weighted by Crippen LogP contribution is 2.13. The summed E-state index contributed by atoms with van der Waals surface area (Å²) in [6, 6.07) is -1.13. The van der Waals surface area contributed by atoms with E-state index in [1.54, 1.807) is 0 Å². The van der Waals surface area contributed by atoms with E-state index in [-0.39, 0.29) is 0 Å². The summed E-state index contributed by atoms with van der Waals surface area (Å²) in [5.74, 6) is -3.94. The Morgan fingerprint density at radius 1 is 1.29 bits per heavy atom. The average Bonchev–Trinajstić information content (AvgIpc) is 2.02. The molecule has 84 valence electrons. The Labute approximate surface area is 75.7 Å². The molecule has 0 radical (unpaired) electrons. The van der Waals surface area contributed by atoms with Crippen LogP contribution in [0.2, 0.25) is 0 Å². The number of aliphatic carboxylic acids is 2. The number of aliphatic hydroxyl groups excluding tert-OH is 1. The van der Waals surface area contributed by atoms with Gasteiger partial charge in [0.2, 0.25) is 0 Å². The van der Waals surface area contributed by atoms with Crippen LogP contribution in [0.15, 0.2) is 0 Å². The Morgan fingerprint density at radius 3 is 1.57 bits per heavy atom. The molecular weight excluding hydrogens is 211 g/mol. The van der Waals surface area contributed by atoms with Crippen LogP contribution in [0.4, 0.5) is 13.2 Å². The molecule has 0 bridgehead atoms. The average molecular weight is 219 g/mol. The zero-order valence-electron chi connectivity index (χ0n) is 6.65. The number of rotatable bonds is 2. The van der Waals surface area contributed by atoms with Gasteiger partial charge in [0.1, 0.15) is 6.04 Å². The van der Waals surface area contributed by atoms with Crippen LogP contribution in [0.1, 0.15) is 0 Å². The first kappa shape index (κ1) is 15.1. The number of halogens is 3. The minimum Gasteiger partial charge on any atom is -0.480 e. The molecule has 0 fully saturated rings. The van der Waals surface area contributed by atoms with Gasteiger partial charge in [0.05, 0.1) is 6.61 Å². The zero-order chi connectivity index (χ0) is 11.9. The van der Waals surface area contributed by atoms with Crippen molar-refractivity contribution in [2.45, 2.75) is 12.2 Å². The van der Waals surface area contributed by atoms with Gasteiger partial charge in [-0.3, -0.25) is 4.79 Å². The Bertz CT molecular complexity index is 204. The third-order valence-corrected chi connectivity index (χ3v) is 0.756. The molecule has 0 aromatic heterocycles. The molecule has 0 amide bonds. The summed E-state index contributed by atoms with van der Waals surface area (Å²) < 4.78 is 31.7. The van der Waals surface area contributed by atoms with Gasteiger partial charge in [-0.2, -0.15) is 13.2 Å². The first-order valence-electron chi connectivity index (χ1n) is 3.02. The predicted octanol–water partition coefficient (Wildman–Crippen LogP) is -0.976. The number of aliphatic hydroxyl groups is 1. The summed E-state index contributed by atoms with van der Waals surface area (Å²) in [5, 5.41) is 23.0. The van der Waals surface area contributed by atoms with Gasteiger partial charge in [0.25, 0.3) is 0 Å². The number of carboxylic acids is 2. The van der Waals surface area contributed by atoms with Crippen LogP contribution < -0.4 is 5.73 Å². The van der Waals surface area contributed by atoms with Crippen molar-refractivity contribution in [3.63, 3.8) is 0 Å². The van der Waals surface area contributed by atoms with Crippen LogP contribution in [0.3, 0.4) is 0 Å². The molecule has 0 aromatic carbocycles. The normalized spacial score (nSPS) is 12.4. The Hall–Kier alpha value is -1.35. The summed E-state index contributed by atoms with van der Waals surface area (Å²) >= 11 is 0. The summed E-state index contributed by atoms with van der Waals surface area (Å²) in [4.78, 5) is 18.5. The van der Waals surface area contributed by atoms with Crippen molar-refractivity contribution in [3.8, 4) is 0 Å². The van der Waals surface area contributed by atoms with Crippen LogP contribution in [0.25, 0.3) is 0 Å². The Balaban J connectivity index is 0. The van der Waals surface area contributed by atoms with E-state index < -0.39 is 30.8 Å². The van der Waals surface area contributed by atoms with Gasteiger partial charge in [-0.25, -0.2) is 4.79 Å². The lowest BCUT2D eigenvalue weighted by atomic mass is 10.3. The Morgan fingerprint density at radius 2 is 1.57 bits per heavy atom. The molecule has 6 nitrogen and oxygen atoms in total. The van der Waals surface area contributed by atoms with Gasteiger partial charge < -0.3 is 21.1 Å². The van der Waals surface area contributed by atoms with Gasteiger partial charge in [0, 0.05) is 0 Å². The van der Waals surface area contributed by atoms with Crippen LogP contribution in [-0.2, 0) is 9.59 Å². The standard InChI is InChI=1S/C3H7NO3.C2HF3O2/c4-2(1-5)3(6)7;3-2(4,5)1(6)7/h2,5H,1,4H2,(H,6,7);(H,6,7)/t2-;/m0./s1. The van der Waals surface area contributed by atoms with Crippen LogP contribution >= 0.6 is 0 Å².